The summed E-state index contributed by atoms with van der Waals surface area (Å²) in [6, 6.07) is 0. The highest BCUT2D eigenvalue weighted by atomic mass is 35.7. The van der Waals surface area contributed by atoms with Crippen molar-refractivity contribution >= 4 is 18.7 Å². The molecule has 1 atom stereocenters. The van der Waals surface area contributed by atoms with E-state index in [4.69, 9.17) is 11.2 Å². The van der Waals surface area contributed by atoms with Crippen molar-refractivity contribution < 1.29 is 26.5 Å². The Balaban J connectivity index is 3.39. The molecule has 0 amide bonds. The van der Waals surface area contributed by atoms with E-state index < -0.39 is 42.3 Å². The van der Waals surface area contributed by atoms with Gasteiger partial charge in [0, 0.05) is 6.66 Å². The van der Waals surface area contributed by atoms with Crippen LogP contribution in [0, 0.1) is 29.1 Å². The first kappa shape index (κ1) is 12.5. The largest absolute Gasteiger partial charge is 0.452 e. The van der Waals surface area contributed by atoms with Crippen LogP contribution in [0.1, 0.15) is 0 Å². The van der Waals surface area contributed by atoms with Crippen molar-refractivity contribution in [2.24, 2.45) is 0 Å². The molecule has 1 aromatic rings. The van der Waals surface area contributed by atoms with Crippen LogP contribution in [0.5, 0.6) is 5.75 Å². The third kappa shape index (κ3) is 2.32. The van der Waals surface area contributed by atoms with Crippen LogP contribution in [0.4, 0.5) is 22.0 Å². The molecule has 0 fully saturated rings. The highest BCUT2D eigenvalue weighted by molar-refractivity contribution is 7.79. The first-order valence-corrected chi connectivity index (χ1v) is 6.06. The maximum Gasteiger partial charge on any atom is 0.207 e. The number of rotatable bonds is 2. The van der Waals surface area contributed by atoms with Gasteiger partial charge < -0.3 is 4.52 Å². The SMILES string of the molecule is CP(Cl)Oc1c(F)c(F)c(F)c(F)c1F. The molecule has 1 nitrogen and oxygen atoms in total. The summed E-state index contributed by atoms with van der Waals surface area (Å²) in [5.41, 5.74) is 0. The monoisotopic (exact) mass is 264 g/mol. The van der Waals surface area contributed by atoms with E-state index in [1.54, 1.807) is 0 Å². The summed E-state index contributed by atoms with van der Waals surface area (Å²) in [5.74, 6) is -11.8. The normalized spacial score (nSPS) is 12.7. The lowest BCUT2D eigenvalue weighted by molar-refractivity contribution is 0.354. The Hall–Kier alpha value is -0.610. The molecule has 8 heteroatoms. The van der Waals surface area contributed by atoms with E-state index in [1.807, 2.05) is 0 Å². The zero-order valence-corrected chi connectivity index (χ0v) is 8.77. The third-order valence-corrected chi connectivity index (χ3v) is 2.03. The molecule has 0 N–H and O–H groups in total. The average Bonchev–Trinajstić information content (AvgIpc) is 2.18. The first-order valence-electron chi connectivity index (χ1n) is 3.45. The van der Waals surface area contributed by atoms with Crippen molar-refractivity contribution in [3.63, 3.8) is 0 Å². The van der Waals surface area contributed by atoms with Gasteiger partial charge in [0.25, 0.3) is 0 Å². The van der Waals surface area contributed by atoms with Crippen molar-refractivity contribution in [2.45, 2.75) is 0 Å². The van der Waals surface area contributed by atoms with Crippen LogP contribution in [0.25, 0.3) is 0 Å². The highest BCUT2D eigenvalue weighted by Gasteiger charge is 2.27. The lowest BCUT2D eigenvalue weighted by atomic mass is 10.3. The minimum atomic E-state index is -2.23. The fraction of sp³-hybridized carbons (Fsp3) is 0.143. The second-order valence-electron chi connectivity index (χ2n) is 2.41. The van der Waals surface area contributed by atoms with Crippen molar-refractivity contribution in [3.8, 4) is 5.75 Å². The van der Waals surface area contributed by atoms with Crippen LogP contribution in [0.3, 0.4) is 0 Å². The van der Waals surface area contributed by atoms with Crippen molar-refractivity contribution in [1.29, 1.82) is 0 Å². The first-order chi connectivity index (χ1) is 6.86. The van der Waals surface area contributed by atoms with Gasteiger partial charge in [-0.3, -0.25) is 0 Å². The van der Waals surface area contributed by atoms with Crippen LogP contribution < -0.4 is 4.52 Å². The Kier molecular flexibility index (Phi) is 3.73. The van der Waals surface area contributed by atoms with Crippen molar-refractivity contribution in [1.82, 2.24) is 0 Å². The molecule has 1 aromatic carbocycles. The lowest BCUT2D eigenvalue weighted by Crippen LogP contribution is -2.03. The van der Waals surface area contributed by atoms with E-state index in [-0.39, 0.29) is 0 Å². The molecule has 1 rings (SSSR count). The van der Waals surface area contributed by atoms with Gasteiger partial charge in [-0.05, 0) is 0 Å². The summed E-state index contributed by atoms with van der Waals surface area (Å²) in [4.78, 5) is 0. The fourth-order valence-electron chi connectivity index (χ4n) is 0.791. The molecule has 0 aliphatic rings. The summed E-state index contributed by atoms with van der Waals surface area (Å²) in [6.45, 7) is 1.23. The Labute approximate surface area is 87.4 Å². The quantitative estimate of drug-likeness (QED) is 0.340. The Bertz CT molecular complexity index is 368. The van der Waals surface area contributed by atoms with Gasteiger partial charge >= 0.3 is 0 Å². The molecule has 0 heterocycles. The summed E-state index contributed by atoms with van der Waals surface area (Å²) in [7, 11) is -1.81. The third-order valence-electron chi connectivity index (χ3n) is 1.39. The van der Waals surface area contributed by atoms with Crippen LogP contribution in [-0.2, 0) is 0 Å². The average molecular weight is 265 g/mol. The van der Waals surface area contributed by atoms with Gasteiger partial charge in [0.15, 0.2) is 7.50 Å². The molecule has 84 valence electrons. The van der Waals surface area contributed by atoms with E-state index in [0.717, 1.165) is 0 Å². The standard InChI is InChI=1S/C7H3ClF5OP/c1-15(8)14-7-5(12)3(10)2(9)4(11)6(7)13/h1H3. The predicted octanol–water partition coefficient (Wildman–Crippen LogP) is 3.94. The molecule has 0 radical (unpaired) electrons. The molecule has 0 aliphatic carbocycles. The molecule has 0 saturated carbocycles. The molecule has 0 bridgehead atoms. The van der Waals surface area contributed by atoms with Crippen molar-refractivity contribution in [3.05, 3.63) is 29.1 Å². The molecule has 15 heavy (non-hydrogen) atoms. The van der Waals surface area contributed by atoms with Gasteiger partial charge in [0.05, 0.1) is 0 Å². The van der Waals surface area contributed by atoms with Gasteiger partial charge in [0.1, 0.15) is 0 Å². The van der Waals surface area contributed by atoms with Gasteiger partial charge in [-0.2, -0.15) is 8.78 Å². The summed E-state index contributed by atoms with van der Waals surface area (Å²) < 4.78 is 67.7. The second kappa shape index (κ2) is 4.49. The predicted molar refractivity (Wildman–Crippen MR) is 45.6 cm³/mol. The number of benzene rings is 1. The van der Waals surface area contributed by atoms with E-state index in [0.29, 0.717) is 0 Å². The Morgan fingerprint density at radius 2 is 1.20 bits per heavy atom. The van der Waals surface area contributed by atoms with Crippen molar-refractivity contribution in [2.75, 3.05) is 6.66 Å². The Morgan fingerprint density at radius 3 is 1.53 bits per heavy atom. The minimum absolute atomic E-state index is 1.23. The topological polar surface area (TPSA) is 9.23 Å². The molecule has 1 unspecified atom stereocenters. The molecular formula is C7H3ClF5OP. The Morgan fingerprint density at radius 1 is 0.867 bits per heavy atom. The molecule has 0 aliphatic heterocycles. The molecule has 0 saturated heterocycles. The lowest BCUT2D eigenvalue weighted by Gasteiger charge is -2.10. The summed E-state index contributed by atoms with van der Waals surface area (Å²) in [5, 5.41) is 0. The number of hydrogen-bond acceptors (Lipinski definition) is 1. The van der Waals surface area contributed by atoms with E-state index in [9.17, 15) is 22.0 Å². The van der Waals surface area contributed by atoms with Gasteiger partial charge in [0.2, 0.25) is 34.8 Å². The van der Waals surface area contributed by atoms with Crippen LogP contribution >= 0.6 is 18.7 Å². The highest BCUT2D eigenvalue weighted by Crippen LogP contribution is 2.42. The zero-order chi connectivity index (χ0) is 11.7. The molecular weight excluding hydrogens is 261 g/mol. The van der Waals surface area contributed by atoms with Crippen LogP contribution in [0.15, 0.2) is 0 Å². The molecule has 0 aromatic heterocycles. The van der Waals surface area contributed by atoms with Gasteiger partial charge in [-0.1, -0.05) is 11.2 Å². The maximum atomic E-state index is 12.9. The summed E-state index contributed by atoms with van der Waals surface area (Å²) >= 11 is 5.27. The zero-order valence-electron chi connectivity index (χ0n) is 7.12. The summed E-state index contributed by atoms with van der Waals surface area (Å²) in [6.07, 6.45) is 0. The fourth-order valence-corrected chi connectivity index (χ4v) is 1.41. The number of hydrogen-bond donors (Lipinski definition) is 0. The van der Waals surface area contributed by atoms with E-state index >= 15 is 0 Å². The number of halogens is 6. The van der Waals surface area contributed by atoms with Gasteiger partial charge in [-0.15, -0.1) is 0 Å². The smallest absolute Gasteiger partial charge is 0.207 e. The van der Waals surface area contributed by atoms with Gasteiger partial charge in [-0.25, -0.2) is 13.2 Å². The maximum absolute atomic E-state index is 12.9. The van der Waals surface area contributed by atoms with Crippen LogP contribution in [0.2, 0.25) is 0 Å². The van der Waals surface area contributed by atoms with E-state index in [1.165, 1.54) is 6.66 Å². The minimum Gasteiger partial charge on any atom is -0.452 e. The van der Waals surface area contributed by atoms with Crippen LogP contribution in [-0.4, -0.2) is 6.66 Å². The van der Waals surface area contributed by atoms with E-state index in [2.05, 4.69) is 4.52 Å². The second-order valence-corrected chi connectivity index (χ2v) is 4.86. The molecule has 0 spiro atoms.